The molecule has 0 spiro atoms. The van der Waals surface area contributed by atoms with Crippen molar-refractivity contribution in [1.29, 1.82) is 0 Å². The third-order valence-corrected chi connectivity index (χ3v) is 3.92. The number of carboxylic acid groups (broad SMARTS) is 1. The molecule has 0 aromatic heterocycles. The molecular weight excluding hydrogens is 244 g/mol. The molecule has 110 valence electrons. The molecule has 0 saturated carbocycles. The smallest absolute Gasteiger partial charge is 0.326 e. The summed E-state index contributed by atoms with van der Waals surface area (Å²) in [6, 6.07) is -1.05. The molecule has 5 heteroatoms. The van der Waals surface area contributed by atoms with Crippen LogP contribution in [0.1, 0.15) is 46.5 Å². The van der Waals surface area contributed by atoms with Crippen molar-refractivity contribution in [3.05, 3.63) is 0 Å². The highest BCUT2D eigenvalue weighted by molar-refractivity contribution is 5.82. The van der Waals surface area contributed by atoms with Crippen molar-refractivity contribution in [2.24, 2.45) is 11.8 Å². The van der Waals surface area contributed by atoms with Gasteiger partial charge in [-0.3, -0.25) is 0 Å². The van der Waals surface area contributed by atoms with E-state index in [1.54, 1.807) is 18.7 Å². The second-order valence-electron chi connectivity index (χ2n) is 5.70. The predicted molar refractivity (Wildman–Crippen MR) is 74.0 cm³/mol. The first-order valence-corrected chi connectivity index (χ1v) is 7.24. The molecule has 1 fully saturated rings. The van der Waals surface area contributed by atoms with Gasteiger partial charge in [0.1, 0.15) is 6.04 Å². The zero-order valence-electron chi connectivity index (χ0n) is 12.2. The second kappa shape index (κ2) is 7.36. The van der Waals surface area contributed by atoms with Crippen molar-refractivity contribution in [2.75, 3.05) is 13.1 Å². The lowest BCUT2D eigenvalue weighted by atomic mass is 9.98. The lowest BCUT2D eigenvalue weighted by Gasteiger charge is -2.25. The summed E-state index contributed by atoms with van der Waals surface area (Å²) < 4.78 is 0. The Kier molecular flexibility index (Phi) is 6.12. The number of carbonyl (C=O) groups is 2. The lowest BCUT2D eigenvalue weighted by molar-refractivity contribution is -0.140. The summed E-state index contributed by atoms with van der Waals surface area (Å²) in [6.07, 6.45) is 4.33. The summed E-state index contributed by atoms with van der Waals surface area (Å²) in [6.45, 7) is 7.24. The zero-order chi connectivity index (χ0) is 14.4. The highest BCUT2D eigenvalue weighted by Gasteiger charge is 2.27. The number of nitrogens with zero attached hydrogens (tertiary/aromatic N) is 1. The molecule has 1 saturated heterocycles. The van der Waals surface area contributed by atoms with Gasteiger partial charge in [-0.05, 0) is 31.1 Å². The van der Waals surface area contributed by atoms with E-state index in [0.717, 1.165) is 38.8 Å². The van der Waals surface area contributed by atoms with Gasteiger partial charge in [-0.2, -0.15) is 0 Å². The lowest BCUT2D eigenvalue weighted by Crippen LogP contribution is -2.50. The predicted octanol–water partition coefficient (Wildman–Crippen LogP) is 2.32. The molecule has 0 aromatic rings. The van der Waals surface area contributed by atoms with Crippen LogP contribution in [0, 0.1) is 11.8 Å². The molecule has 2 atom stereocenters. The van der Waals surface area contributed by atoms with Gasteiger partial charge in [0.15, 0.2) is 0 Å². The Hall–Kier alpha value is -1.26. The van der Waals surface area contributed by atoms with Gasteiger partial charge in [0.05, 0.1) is 0 Å². The third kappa shape index (κ3) is 4.73. The van der Waals surface area contributed by atoms with E-state index in [1.165, 1.54) is 0 Å². The van der Waals surface area contributed by atoms with Crippen molar-refractivity contribution in [3.8, 4) is 0 Å². The van der Waals surface area contributed by atoms with E-state index in [9.17, 15) is 9.59 Å². The molecule has 5 nitrogen and oxygen atoms in total. The Balaban J connectivity index is 2.55. The number of hydrogen-bond acceptors (Lipinski definition) is 2. The zero-order valence-corrected chi connectivity index (χ0v) is 12.2. The van der Waals surface area contributed by atoms with E-state index >= 15 is 0 Å². The third-order valence-electron chi connectivity index (χ3n) is 3.92. The number of rotatable bonds is 4. The average molecular weight is 270 g/mol. The van der Waals surface area contributed by atoms with Crippen molar-refractivity contribution in [3.63, 3.8) is 0 Å². The van der Waals surface area contributed by atoms with E-state index in [2.05, 4.69) is 12.2 Å². The maximum atomic E-state index is 12.1. The van der Waals surface area contributed by atoms with Gasteiger partial charge in [0.25, 0.3) is 0 Å². The summed E-state index contributed by atoms with van der Waals surface area (Å²) >= 11 is 0. The monoisotopic (exact) mass is 270 g/mol. The maximum Gasteiger partial charge on any atom is 0.326 e. The first kappa shape index (κ1) is 15.8. The van der Waals surface area contributed by atoms with Crippen LogP contribution in [0.4, 0.5) is 4.79 Å². The van der Waals surface area contributed by atoms with Gasteiger partial charge in [-0.15, -0.1) is 0 Å². The summed E-state index contributed by atoms with van der Waals surface area (Å²) in [5, 5.41) is 11.7. The summed E-state index contributed by atoms with van der Waals surface area (Å²) in [5.74, 6) is -0.389. The minimum absolute atomic E-state index is 0.114. The fraction of sp³-hybridized carbons (Fsp3) is 0.857. The van der Waals surface area contributed by atoms with Gasteiger partial charge < -0.3 is 15.3 Å². The first-order chi connectivity index (χ1) is 8.95. The van der Waals surface area contributed by atoms with Gasteiger partial charge in [0, 0.05) is 13.1 Å². The Morgan fingerprint density at radius 3 is 2.53 bits per heavy atom. The fourth-order valence-electron chi connectivity index (χ4n) is 2.51. The number of nitrogens with one attached hydrogen (secondary N) is 1. The minimum atomic E-state index is -0.968. The highest BCUT2D eigenvalue weighted by atomic mass is 16.4. The van der Waals surface area contributed by atoms with Gasteiger partial charge in [-0.1, -0.05) is 27.2 Å². The van der Waals surface area contributed by atoms with Crippen LogP contribution in [0.2, 0.25) is 0 Å². The van der Waals surface area contributed by atoms with E-state index in [0.29, 0.717) is 5.92 Å². The van der Waals surface area contributed by atoms with Crippen LogP contribution in [0.3, 0.4) is 0 Å². The molecule has 0 aliphatic carbocycles. The number of carbonyl (C=O) groups excluding carboxylic acids is 1. The molecule has 2 amide bonds. The molecule has 19 heavy (non-hydrogen) atoms. The van der Waals surface area contributed by atoms with Crippen molar-refractivity contribution >= 4 is 12.0 Å². The SMILES string of the molecule is CCC1CCCN(C(=O)N[C@H](C(=O)O)C(C)C)CC1. The Bertz CT molecular complexity index is 318. The fourth-order valence-corrected chi connectivity index (χ4v) is 2.51. The highest BCUT2D eigenvalue weighted by Crippen LogP contribution is 2.20. The van der Waals surface area contributed by atoms with Crippen LogP contribution < -0.4 is 5.32 Å². The maximum absolute atomic E-state index is 12.1. The second-order valence-corrected chi connectivity index (χ2v) is 5.70. The number of aliphatic carboxylic acids is 1. The largest absolute Gasteiger partial charge is 0.480 e. The Morgan fingerprint density at radius 1 is 1.32 bits per heavy atom. The Morgan fingerprint density at radius 2 is 2.00 bits per heavy atom. The molecule has 0 bridgehead atoms. The molecule has 1 aliphatic rings. The average Bonchev–Trinajstić information content (AvgIpc) is 2.59. The molecule has 1 unspecified atom stereocenters. The topological polar surface area (TPSA) is 69.6 Å². The molecule has 1 aliphatic heterocycles. The summed E-state index contributed by atoms with van der Waals surface area (Å²) in [7, 11) is 0. The van der Waals surface area contributed by atoms with Crippen molar-refractivity contribution < 1.29 is 14.7 Å². The normalized spacial score (nSPS) is 21.9. The van der Waals surface area contributed by atoms with E-state index in [1.807, 2.05) is 0 Å². The molecule has 0 radical (unpaired) electrons. The molecular formula is C14H26N2O3. The van der Waals surface area contributed by atoms with Crippen LogP contribution in [0.5, 0.6) is 0 Å². The van der Waals surface area contributed by atoms with Crippen LogP contribution >= 0.6 is 0 Å². The number of urea groups is 1. The molecule has 0 aromatic carbocycles. The van der Waals surface area contributed by atoms with Gasteiger partial charge in [0.2, 0.25) is 0 Å². The Labute approximate surface area is 115 Å². The van der Waals surface area contributed by atoms with Crippen molar-refractivity contribution in [2.45, 2.75) is 52.5 Å². The number of hydrogen-bond donors (Lipinski definition) is 2. The van der Waals surface area contributed by atoms with Crippen LogP contribution in [0.15, 0.2) is 0 Å². The molecule has 2 N–H and O–H groups in total. The van der Waals surface area contributed by atoms with Gasteiger partial charge >= 0.3 is 12.0 Å². The van der Waals surface area contributed by atoms with Crippen LogP contribution in [-0.2, 0) is 4.79 Å². The van der Waals surface area contributed by atoms with Crippen molar-refractivity contribution in [1.82, 2.24) is 10.2 Å². The summed E-state index contributed by atoms with van der Waals surface area (Å²) in [5.41, 5.74) is 0. The quantitative estimate of drug-likeness (QED) is 0.823. The number of amides is 2. The van der Waals surface area contributed by atoms with Crippen LogP contribution in [0.25, 0.3) is 0 Å². The van der Waals surface area contributed by atoms with Gasteiger partial charge in [-0.25, -0.2) is 9.59 Å². The number of carboxylic acids is 1. The summed E-state index contributed by atoms with van der Waals surface area (Å²) in [4.78, 5) is 25.0. The molecule has 1 heterocycles. The standard InChI is InChI=1S/C14H26N2O3/c1-4-11-6-5-8-16(9-7-11)14(19)15-12(10(2)3)13(17)18/h10-12H,4-9H2,1-3H3,(H,15,19)(H,17,18)/t11?,12-/m0/s1. The van der Waals surface area contributed by atoms with E-state index < -0.39 is 12.0 Å². The minimum Gasteiger partial charge on any atom is -0.480 e. The van der Waals surface area contributed by atoms with Crippen LogP contribution in [-0.4, -0.2) is 41.1 Å². The first-order valence-electron chi connectivity index (χ1n) is 7.24. The number of likely N-dealkylation sites (tertiary alicyclic amines) is 1. The molecule has 1 rings (SSSR count). The van der Waals surface area contributed by atoms with E-state index in [-0.39, 0.29) is 11.9 Å². The van der Waals surface area contributed by atoms with E-state index in [4.69, 9.17) is 5.11 Å².